The number of benzene rings is 1. The molecule has 3 N–H and O–H groups in total. The van der Waals surface area contributed by atoms with E-state index in [4.69, 9.17) is 0 Å². The van der Waals surface area contributed by atoms with Gasteiger partial charge < -0.3 is 15.5 Å². The van der Waals surface area contributed by atoms with Crippen molar-refractivity contribution in [2.24, 2.45) is 0 Å². The number of hydrogen-bond acceptors (Lipinski definition) is 4. The molecule has 27 heavy (non-hydrogen) atoms. The molecule has 1 aromatic rings. The molecular formula is C18H27N4O4S+. The molecule has 0 bridgehead atoms. The monoisotopic (exact) mass is 395 g/mol. The molecule has 9 heteroatoms. The summed E-state index contributed by atoms with van der Waals surface area (Å²) in [5.74, 6) is -0.432. The highest BCUT2D eigenvalue weighted by molar-refractivity contribution is 7.92. The van der Waals surface area contributed by atoms with Crippen molar-refractivity contribution in [1.29, 1.82) is 0 Å². The van der Waals surface area contributed by atoms with Crippen LogP contribution >= 0.6 is 0 Å². The van der Waals surface area contributed by atoms with E-state index in [1.807, 2.05) is 37.3 Å². The Morgan fingerprint density at radius 1 is 1.11 bits per heavy atom. The highest BCUT2D eigenvalue weighted by Crippen LogP contribution is 2.08. The van der Waals surface area contributed by atoms with Crippen LogP contribution in [0.3, 0.4) is 0 Å². The number of carbonyl (C=O) groups excluding carboxylic acids is 2. The second kappa shape index (κ2) is 10.2. The lowest BCUT2D eigenvalue weighted by atomic mass is 10.2. The summed E-state index contributed by atoms with van der Waals surface area (Å²) in [6.45, 7) is 4.35. The summed E-state index contributed by atoms with van der Waals surface area (Å²) in [7, 11) is -3.48. The standard InChI is InChI=1S/C18H26N4O4S/c1-2-19-17(23)14-20-18(24)15-21-9-11-22(12-10-21)27(25,26)13-8-16-6-4-3-5-7-16/h3-8,13H,2,9-12,14-15H2,1H3,(H,19,23)(H,20,24)/p+1/b13-8+. The summed E-state index contributed by atoms with van der Waals surface area (Å²) in [6.07, 6.45) is 1.59. The number of nitrogens with zero attached hydrogens (tertiary/aromatic N) is 1. The maximum Gasteiger partial charge on any atom is 0.275 e. The smallest absolute Gasteiger partial charge is 0.275 e. The van der Waals surface area contributed by atoms with Gasteiger partial charge in [-0.1, -0.05) is 30.3 Å². The van der Waals surface area contributed by atoms with Gasteiger partial charge in [-0.05, 0) is 18.6 Å². The van der Waals surface area contributed by atoms with Gasteiger partial charge in [0.15, 0.2) is 6.54 Å². The maximum atomic E-state index is 12.4. The van der Waals surface area contributed by atoms with Crippen molar-refractivity contribution in [3.63, 3.8) is 0 Å². The zero-order valence-corrected chi connectivity index (χ0v) is 16.3. The van der Waals surface area contributed by atoms with Gasteiger partial charge in [-0.15, -0.1) is 0 Å². The van der Waals surface area contributed by atoms with Gasteiger partial charge in [0.05, 0.1) is 32.7 Å². The normalized spacial score (nSPS) is 16.3. The second-order valence-electron chi connectivity index (χ2n) is 6.31. The van der Waals surface area contributed by atoms with Gasteiger partial charge in [-0.3, -0.25) is 9.59 Å². The van der Waals surface area contributed by atoms with E-state index >= 15 is 0 Å². The van der Waals surface area contributed by atoms with Gasteiger partial charge in [0.1, 0.15) is 0 Å². The molecule has 0 unspecified atom stereocenters. The van der Waals surface area contributed by atoms with Gasteiger partial charge in [0.2, 0.25) is 15.9 Å². The van der Waals surface area contributed by atoms with Crippen LogP contribution < -0.4 is 15.5 Å². The Balaban J connectivity index is 1.78. The summed E-state index contributed by atoms with van der Waals surface area (Å²) in [6, 6.07) is 9.26. The SMILES string of the molecule is CCNC(=O)CNC(=O)C[NH+]1CCN(S(=O)(=O)/C=C/c2ccccc2)CC1. The number of nitrogens with one attached hydrogen (secondary N) is 3. The highest BCUT2D eigenvalue weighted by Gasteiger charge is 2.28. The van der Waals surface area contributed by atoms with E-state index in [-0.39, 0.29) is 24.9 Å². The summed E-state index contributed by atoms with van der Waals surface area (Å²) in [5.41, 5.74) is 0.828. The predicted molar refractivity (Wildman–Crippen MR) is 103 cm³/mol. The van der Waals surface area contributed by atoms with E-state index in [2.05, 4.69) is 10.6 Å². The summed E-state index contributed by atoms with van der Waals surface area (Å²) in [5, 5.41) is 6.42. The first-order valence-electron chi connectivity index (χ1n) is 9.01. The van der Waals surface area contributed by atoms with E-state index in [0.29, 0.717) is 32.7 Å². The second-order valence-corrected chi connectivity index (χ2v) is 8.13. The van der Waals surface area contributed by atoms with Gasteiger partial charge in [-0.25, -0.2) is 8.42 Å². The summed E-state index contributed by atoms with van der Waals surface area (Å²) in [4.78, 5) is 24.2. The average molecular weight is 396 g/mol. The van der Waals surface area contributed by atoms with Crippen molar-refractivity contribution in [2.45, 2.75) is 6.92 Å². The Hall–Kier alpha value is -2.23. The lowest BCUT2D eigenvalue weighted by Crippen LogP contribution is -3.15. The zero-order chi connectivity index (χ0) is 19.7. The van der Waals surface area contributed by atoms with Crippen LogP contribution in [0.4, 0.5) is 0 Å². The van der Waals surface area contributed by atoms with Crippen LogP contribution in [0.25, 0.3) is 6.08 Å². The lowest BCUT2D eigenvalue weighted by Gasteiger charge is -2.30. The first-order chi connectivity index (χ1) is 12.9. The summed E-state index contributed by atoms with van der Waals surface area (Å²) >= 11 is 0. The topological polar surface area (TPSA) is 100 Å². The van der Waals surface area contributed by atoms with Crippen LogP contribution in [0.15, 0.2) is 35.7 Å². The Bertz CT molecular complexity index is 757. The third-order valence-corrected chi connectivity index (χ3v) is 5.82. The molecule has 8 nitrogen and oxygen atoms in total. The van der Waals surface area contributed by atoms with Crippen molar-refractivity contribution < 1.29 is 22.9 Å². The van der Waals surface area contributed by atoms with Gasteiger partial charge in [-0.2, -0.15) is 4.31 Å². The molecule has 0 radical (unpaired) electrons. The highest BCUT2D eigenvalue weighted by atomic mass is 32.2. The Labute approximate surface area is 160 Å². The molecule has 0 aliphatic carbocycles. The van der Waals surface area contributed by atoms with Gasteiger partial charge in [0, 0.05) is 12.0 Å². The fraction of sp³-hybridized carbons (Fsp3) is 0.444. The molecule has 0 atom stereocenters. The molecule has 1 saturated heterocycles. The molecule has 0 aromatic heterocycles. The Morgan fingerprint density at radius 3 is 2.41 bits per heavy atom. The minimum Gasteiger partial charge on any atom is -0.355 e. The maximum absolute atomic E-state index is 12.4. The predicted octanol–water partition coefficient (Wildman–Crippen LogP) is -1.56. The molecule has 1 heterocycles. The van der Waals surface area contributed by atoms with Crippen LogP contribution in [0.1, 0.15) is 12.5 Å². The molecule has 1 aromatic carbocycles. The minimum atomic E-state index is -3.48. The van der Waals surface area contributed by atoms with E-state index in [9.17, 15) is 18.0 Å². The van der Waals surface area contributed by atoms with Crippen molar-refractivity contribution in [3.8, 4) is 0 Å². The third-order valence-electron chi connectivity index (χ3n) is 4.25. The first-order valence-corrected chi connectivity index (χ1v) is 10.5. The van der Waals surface area contributed by atoms with Crippen LogP contribution in [-0.4, -0.2) is 70.4 Å². The fourth-order valence-corrected chi connectivity index (χ4v) is 3.97. The Kier molecular flexibility index (Phi) is 7.96. The molecule has 0 saturated carbocycles. The average Bonchev–Trinajstić information content (AvgIpc) is 2.66. The molecule has 2 rings (SSSR count). The molecular weight excluding hydrogens is 368 g/mol. The van der Waals surface area contributed by atoms with Crippen LogP contribution in [-0.2, 0) is 19.6 Å². The molecule has 0 spiro atoms. The van der Waals surface area contributed by atoms with E-state index in [1.54, 1.807) is 6.08 Å². The number of amides is 2. The van der Waals surface area contributed by atoms with Crippen LogP contribution in [0.2, 0.25) is 0 Å². The van der Waals surface area contributed by atoms with Crippen LogP contribution in [0, 0.1) is 0 Å². The summed E-state index contributed by atoms with van der Waals surface area (Å²) < 4.78 is 26.3. The Morgan fingerprint density at radius 2 is 1.78 bits per heavy atom. The number of sulfonamides is 1. The van der Waals surface area contributed by atoms with E-state index in [0.717, 1.165) is 10.5 Å². The van der Waals surface area contributed by atoms with E-state index in [1.165, 1.54) is 9.71 Å². The molecule has 148 valence electrons. The van der Waals surface area contributed by atoms with Crippen LogP contribution in [0.5, 0.6) is 0 Å². The number of carbonyl (C=O) groups is 2. The quantitative estimate of drug-likeness (QED) is 0.496. The third kappa shape index (κ3) is 7.12. The van der Waals surface area contributed by atoms with Gasteiger partial charge >= 0.3 is 0 Å². The fourth-order valence-electron chi connectivity index (χ4n) is 2.78. The minimum absolute atomic E-state index is 0.0370. The number of likely N-dealkylation sites (N-methyl/N-ethyl adjacent to an activating group) is 1. The van der Waals surface area contributed by atoms with Crippen molar-refractivity contribution in [2.75, 3.05) is 45.8 Å². The van der Waals surface area contributed by atoms with Crippen molar-refractivity contribution in [3.05, 3.63) is 41.3 Å². The molecule has 1 aliphatic rings. The van der Waals surface area contributed by atoms with Crippen molar-refractivity contribution >= 4 is 27.9 Å². The molecule has 1 aliphatic heterocycles. The number of hydrogen-bond donors (Lipinski definition) is 3. The zero-order valence-electron chi connectivity index (χ0n) is 15.5. The molecule has 1 fully saturated rings. The van der Waals surface area contributed by atoms with Gasteiger partial charge in [0.25, 0.3) is 5.91 Å². The lowest BCUT2D eigenvalue weighted by molar-refractivity contribution is -0.895. The largest absolute Gasteiger partial charge is 0.355 e. The number of rotatable bonds is 8. The first kappa shape index (κ1) is 21.1. The number of quaternary nitrogens is 1. The van der Waals surface area contributed by atoms with E-state index < -0.39 is 10.0 Å². The number of piperazine rings is 1. The molecule has 2 amide bonds. The van der Waals surface area contributed by atoms with Crippen molar-refractivity contribution in [1.82, 2.24) is 14.9 Å².